The maximum atomic E-state index is 14.0. The number of hydrogen-bond donors (Lipinski definition) is 3. The summed E-state index contributed by atoms with van der Waals surface area (Å²) >= 11 is 6.45. The average molecular weight is 511 g/mol. The first kappa shape index (κ1) is 22.3. The molecule has 37 heavy (non-hydrogen) atoms. The molecule has 184 valence electrons. The zero-order valence-corrected chi connectivity index (χ0v) is 20.5. The van der Waals surface area contributed by atoms with Crippen LogP contribution in [0.2, 0.25) is 5.02 Å². The minimum Gasteiger partial charge on any atom is -0.361 e. The largest absolute Gasteiger partial charge is 0.361 e. The van der Waals surface area contributed by atoms with E-state index in [4.69, 9.17) is 11.6 Å². The number of aromatic amines is 1. The Kier molecular flexibility index (Phi) is 4.83. The highest BCUT2D eigenvalue weighted by atomic mass is 35.5. The van der Waals surface area contributed by atoms with Crippen molar-refractivity contribution in [3.63, 3.8) is 0 Å². The summed E-state index contributed by atoms with van der Waals surface area (Å²) < 4.78 is 0. The van der Waals surface area contributed by atoms with Crippen molar-refractivity contribution in [3.05, 3.63) is 101 Å². The molecule has 0 bridgehead atoms. The number of nitrogens with one attached hydrogen (secondary N) is 3. The van der Waals surface area contributed by atoms with E-state index in [1.165, 1.54) is 4.90 Å². The predicted molar refractivity (Wildman–Crippen MR) is 140 cm³/mol. The van der Waals surface area contributed by atoms with Gasteiger partial charge < -0.3 is 10.3 Å². The number of H-pyrrole nitrogens is 1. The second-order valence-corrected chi connectivity index (χ2v) is 10.4. The van der Waals surface area contributed by atoms with Crippen molar-refractivity contribution < 1.29 is 14.4 Å². The molecule has 4 unspecified atom stereocenters. The Balaban J connectivity index is 1.35. The fourth-order valence-corrected chi connectivity index (χ4v) is 6.71. The first-order valence-electron chi connectivity index (χ1n) is 12.3. The number of carbonyl (C=O) groups is 3. The van der Waals surface area contributed by atoms with Crippen molar-refractivity contribution in [2.24, 2.45) is 11.8 Å². The Hall–Kier alpha value is -3.94. The molecular weight excluding hydrogens is 488 g/mol. The minimum atomic E-state index is -1.38. The van der Waals surface area contributed by atoms with Crippen molar-refractivity contribution in [2.45, 2.75) is 24.5 Å². The standard InChI is InChI=1S/C29H23ClN4O3/c30-20-11-6-10-19-25(20)32-28(37)29(19)24-23(26(35)34(27(24)36)15-16-7-2-1-3-8-16)22(33-29)13-17-14-31-21-12-5-4-9-18(17)21/h1-12,14,22-24,31,33H,13,15H2,(H,32,37). The number of amides is 3. The lowest BCUT2D eigenvalue weighted by molar-refractivity contribution is -0.143. The van der Waals surface area contributed by atoms with Crippen LogP contribution < -0.4 is 10.6 Å². The first-order chi connectivity index (χ1) is 18.0. The van der Waals surface area contributed by atoms with Gasteiger partial charge in [-0.1, -0.05) is 72.3 Å². The number of fused-ring (bicyclic) bond motifs is 5. The van der Waals surface area contributed by atoms with Crippen molar-refractivity contribution in [3.8, 4) is 0 Å². The highest BCUT2D eigenvalue weighted by Crippen LogP contribution is 2.54. The van der Waals surface area contributed by atoms with Gasteiger partial charge in [-0.3, -0.25) is 24.6 Å². The number of aromatic nitrogens is 1. The molecule has 7 rings (SSSR count). The number of para-hydroxylation sites is 2. The Morgan fingerprint density at radius 3 is 2.51 bits per heavy atom. The van der Waals surface area contributed by atoms with E-state index in [0.29, 0.717) is 22.7 Å². The number of nitrogens with zero attached hydrogens (tertiary/aromatic N) is 1. The fraction of sp³-hybridized carbons (Fsp3) is 0.207. The molecular formula is C29H23ClN4O3. The molecule has 4 atom stereocenters. The van der Waals surface area contributed by atoms with Gasteiger partial charge in [-0.15, -0.1) is 0 Å². The third kappa shape index (κ3) is 3.08. The van der Waals surface area contributed by atoms with E-state index in [2.05, 4.69) is 15.6 Å². The van der Waals surface area contributed by atoms with Crippen molar-refractivity contribution in [1.82, 2.24) is 15.2 Å². The minimum absolute atomic E-state index is 0.172. The van der Waals surface area contributed by atoms with Gasteiger partial charge in [0.15, 0.2) is 0 Å². The van der Waals surface area contributed by atoms with Gasteiger partial charge in [-0.2, -0.15) is 0 Å². The summed E-state index contributed by atoms with van der Waals surface area (Å²) in [7, 11) is 0. The monoisotopic (exact) mass is 510 g/mol. The molecule has 1 spiro atoms. The van der Waals surface area contributed by atoms with E-state index in [1.807, 2.05) is 66.9 Å². The quantitative estimate of drug-likeness (QED) is 0.362. The normalized spacial score (nSPS) is 26.2. The molecule has 7 nitrogen and oxygen atoms in total. The van der Waals surface area contributed by atoms with Crippen molar-refractivity contribution in [1.29, 1.82) is 0 Å². The Bertz CT molecular complexity index is 1600. The van der Waals surface area contributed by atoms with E-state index in [-0.39, 0.29) is 24.3 Å². The molecule has 3 amide bonds. The highest BCUT2D eigenvalue weighted by molar-refractivity contribution is 6.35. The van der Waals surface area contributed by atoms with Crippen LogP contribution in [-0.4, -0.2) is 33.6 Å². The Morgan fingerprint density at radius 2 is 1.68 bits per heavy atom. The molecule has 1 aromatic heterocycles. The summed E-state index contributed by atoms with van der Waals surface area (Å²) in [5.41, 5.74) is 2.62. The van der Waals surface area contributed by atoms with E-state index in [0.717, 1.165) is 22.0 Å². The summed E-state index contributed by atoms with van der Waals surface area (Å²) in [5.74, 6) is -2.51. The number of anilines is 1. The van der Waals surface area contributed by atoms with E-state index < -0.39 is 23.4 Å². The van der Waals surface area contributed by atoms with Crippen LogP contribution in [0.25, 0.3) is 10.9 Å². The predicted octanol–water partition coefficient (Wildman–Crippen LogP) is 3.98. The van der Waals surface area contributed by atoms with Crippen LogP contribution in [0.4, 0.5) is 5.69 Å². The van der Waals surface area contributed by atoms with Crippen LogP contribution in [0, 0.1) is 11.8 Å². The molecule has 3 aliphatic heterocycles. The lowest BCUT2D eigenvalue weighted by atomic mass is 9.76. The van der Waals surface area contributed by atoms with E-state index >= 15 is 0 Å². The molecule has 4 aromatic rings. The second-order valence-electron chi connectivity index (χ2n) is 9.99. The van der Waals surface area contributed by atoms with Crippen LogP contribution >= 0.6 is 11.6 Å². The lowest BCUT2D eigenvalue weighted by Crippen LogP contribution is -2.53. The van der Waals surface area contributed by atoms with Gasteiger partial charge in [-0.25, -0.2) is 0 Å². The van der Waals surface area contributed by atoms with Gasteiger partial charge in [0.25, 0.3) is 0 Å². The Morgan fingerprint density at radius 1 is 0.892 bits per heavy atom. The van der Waals surface area contributed by atoms with Gasteiger partial charge in [0.2, 0.25) is 17.7 Å². The summed E-state index contributed by atoms with van der Waals surface area (Å²) in [6, 6.07) is 22.3. The topological polar surface area (TPSA) is 94.3 Å². The van der Waals surface area contributed by atoms with Gasteiger partial charge in [0.05, 0.1) is 29.1 Å². The molecule has 3 aliphatic rings. The molecule has 2 fully saturated rings. The summed E-state index contributed by atoms with van der Waals surface area (Å²) in [5, 5.41) is 7.85. The number of halogens is 1. The second kappa shape index (κ2) is 8.03. The van der Waals surface area contributed by atoms with Gasteiger partial charge in [0, 0.05) is 28.7 Å². The number of carbonyl (C=O) groups excluding carboxylic acids is 3. The summed E-state index contributed by atoms with van der Waals surface area (Å²) in [4.78, 5) is 46.3. The van der Waals surface area contributed by atoms with Crippen LogP contribution in [0.5, 0.6) is 0 Å². The molecule has 2 saturated heterocycles. The maximum Gasteiger partial charge on any atom is 0.250 e. The number of likely N-dealkylation sites (tertiary alicyclic amines) is 1. The number of hydrogen-bond acceptors (Lipinski definition) is 4. The zero-order valence-electron chi connectivity index (χ0n) is 19.7. The molecule has 0 saturated carbocycles. The molecule has 3 aromatic carbocycles. The first-order valence-corrected chi connectivity index (χ1v) is 12.7. The molecule has 0 aliphatic carbocycles. The summed E-state index contributed by atoms with van der Waals surface area (Å²) in [6.07, 6.45) is 2.42. The number of benzene rings is 3. The SMILES string of the molecule is O=C1C2C(Cc3c[nH]c4ccccc34)NC3(C(=O)Nc4c(Cl)cccc43)C2C(=O)N1Cc1ccccc1. The molecule has 8 heteroatoms. The van der Waals surface area contributed by atoms with E-state index in [9.17, 15) is 14.4 Å². The van der Waals surface area contributed by atoms with Crippen LogP contribution in [-0.2, 0) is 32.9 Å². The van der Waals surface area contributed by atoms with Gasteiger partial charge in [0.1, 0.15) is 5.54 Å². The zero-order chi connectivity index (χ0) is 25.3. The third-order valence-corrected chi connectivity index (χ3v) is 8.40. The van der Waals surface area contributed by atoms with Gasteiger partial charge >= 0.3 is 0 Å². The number of imide groups is 1. The lowest BCUT2D eigenvalue weighted by Gasteiger charge is -2.29. The molecule has 4 heterocycles. The van der Waals surface area contributed by atoms with Crippen LogP contribution in [0.3, 0.4) is 0 Å². The fourth-order valence-electron chi connectivity index (χ4n) is 6.49. The van der Waals surface area contributed by atoms with Crippen LogP contribution in [0.1, 0.15) is 16.7 Å². The molecule has 0 radical (unpaired) electrons. The average Bonchev–Trinajstić information content (AvgIpc) is 3.62. The Labute approximate surface area is 217 Å². The van der Waals surface area contributed by atoms with Crippen molar-refractivity contribution in [2.75, 3.05) is 5.32 Å². The summed E-state index contributed by atoms with van der Waals surface area (Å²) in [6.45, 7) is 0.172. The number of rotatable bonds is 4. The van der Waals surface area contributed by atoms with Gasteiger partial charge in [-0.05, 0) is 29.7 Å². The smallest absolute Gasteiger partial charge is 0.250 e. The maximum absolute atomic E-state index is 14.0. The van der Waals surface area contributed by atoms with Crippen LogP contribution in [0.15, 0.2) is 79.0 Å². The molecule has 3 N–H and O–H groups in total. The van der Waals surface area contributed by atoms with E-state index in [1.54, 1.807) is 12.1 Å². The highest BCUT2D eigenvalue weighted by Gasteiger charge is 2.70. The third-order valence-electron chi connectivity index (χ3n) is 8.09. The van der Waals surface area contributed by atoms with Crippen molar-refractivity contribution >= 4 is 45.9 Å².